The molecule has 0 amide bonds. The van der Waals surface area contributed by atoms with Crippen molar-refractivity contribution in [3.05, 3.63) is 33.5 Å². The van der Waals surface area contributed by atoms with Gasteiger partial charge in [0.05, 0.1) is 4.88 Å². The van der Waals surface area contributed by atoms with Crippen molar-refractivity contribution in [1.29, 1.82) is 0 Å². The van der Waals surface area contributed by atoms with Gasteiger partial charge in [0.1, 0.15) is 0 Å². The lowest BCUT2D eigenvalue weighted by Gasteiger charge is -1.71. The molecule has 0 N–H and O–H groups in total. The van der Waals surface area contributed by atoms with Gasteiger partial charge in [-0.05, 0) is 22.5 Å². The van der Waals surface area contributed by atoms with E-state index in [2.05, 4.69) is 27.8 Å². The van der Waals surface area contributed by atoms with Crippen LogP contribution in [0.25, 0.3) is 0 Å². The number of allylic oxidation sites excluding steroid dienone is 1. The molecule has 0 atom stereocenters. The molecule has 2 heteroatoms. The van der Waals surface area contributed by atoms with Crippen molar-refractivity contribution < 1.29 is 0 Å². The molecule has 10 heavy (non-hydrogen) atoms. The van der Waals surface area contributed by atoms with Crippen molar-refractivity contribution in [2.75, 3.05) is 0 Å². The van der Waals surface area contributed by atoms with Crippen LogP contribution in [0.15, 0.2) is 28.6 Å². The van der Waals surface area contributed by atoms with Gasteiger partial charge in [0.25, 0.3) is 0 Å². The normalized spacial score (nSPS) is 9.30. The Bertz CT molecular complexity index is 261. The molecule has 1 heterocycles. The van der Waals surface area contributed by atoms with E-state index in [1.54, 1.807) is 22.4 Å². The van der Waals surface area contributed by atoms with Gasteiger partial charge in [-0.2, -0.15) is 0 Å². The van der Waals surface area contributed by atoms with E-state index in [0.717, 1.165) is 4.88 Å². The maximum absolute atomic E-state index is 3.13. The molecular formula is C8H5BrS. The van der Waals surface area contributed by atoms with Gasteiger partial charge in [0, 0.05) is 0 Å². The first-order valence-corrected chi connectivity index (χ1v) is 4.53. The quantitative estimate of drug-likeness (QED) is 0.581. The Labute approximate surface area is 72.7 Å². The SMILES string of the molecule is Br/C=C/C#Cc1cccs1. The first-order valence-electron chi connectivity index (χ1n) is 2.74. The zero-order chi connectivity index (χ0) is 7.23. The van der Waals surface area contributed by atoms with Crippen LogP contribution in [-0.2, 0) is 0 Å². The van der Waals surface area contributed by atoms with Crippen LogP contribution in [0, 0.1) is 11.8 Å². The number of hydrogen-bond donors (Lipinski definition) is 0. The van der Waals surface area contributed by atoms with Crippen molar-refractivity contribution in [2.24, 2.45) is 0 Å². The highest BCUT2D eigenvalue weighted by Gasteiger charge is 1.81. The predicted molar refractivity (Wildman–Crippen MR) is 49.3 cm³/mol. The Morgan fingerprint density at radius 1 is 1.60 bits per heavy atom. The standard InChI is InChI=1S/C8H5BrS/c9-6-2-1-4-8-5-3-7-10-8/h2-3,5-7H/b6-2+. The lowest BCUT2D eigenvalue weighted by molar-refractivity contribution is 1.94. The van der Waals surface area contributed by atoms with Crippen molar-refractivity contribution in [3.63, 3.8) is 0 Å². The Morgan fingerprint density at radius 2 is 2.50 bits per heavy atom. The summed E-state index contributed by atoms with van der Waals surface area (Å²) in [7, 11) is 0. The van der Waals surface area contributed by atoms with Gasteiger partial charge in [-0.25, -0.2) is 0 Å². The van der Waals surface area contributed by atoms with Crippen LogP contribution in [0.4, 0.5) is 0 Å². The summed E-state index contributed by atoms with van der Waals surface area (Å²) in [6.45, 7) is 0. The maximum atomic E-state index is 3.13. The number of rotatable bonds is 0. The van der Waals surface area contributed by atoms with Crippen LogP contribution in [0.1, 0.15) is 4.88 Å². The first kappa shape index (κ1) is 7.59. The smallest absolute Gasteiger partial charge is 0.0771 e. The molecule has 0 aliphatic rings. The summed E-state index contributed by atoms with van der Waals surface area (Å²) in [6, 6.07) is 3.99. The van der Waals surface area contributed by atoms with Gasteiger partial charge < -0.3 is 0 Å². The fourth-order valence-corrected chi connectivity index (χ4v) is 1.20. The van der Waals surface area contributed by atoms with E-state index < -0.39 is 0 Å². The number of halogens is 1. The molecule has 0 aliphatic heterocycles. The Morgan fingerprint density at radius 3 is 3.10 bits per heavy atom. The van der Waals surface area contributed by atoms with Crippen LogP contribution in [-0.4, -0.2) is 0 Å². The van der Waals surface area contributed by atoms with Crippen LogP contribution in [0.3, 0.4) is 0 Å². The van der Waals surface area contributed by atoms with E-state index in [1.807, 2.05) is 17.5 Å². The van der Waals surface area contributed by atoms with E-state index in [0.29, 0.717) is 0 Å². The Hall–Kier alpha value is -0.520. The van der Waals surface area contributed by atoms with E-state index in [1.165, 1.54) is 0 Å². The van der Waals surface area contributed by atoms with Gasteiger partial charge in [-0.3, -0.25) is 0 Å². The number of thiophene rings is 1. The zero-order valence-electron chi connectivity index (χ0n) is 5.17. The number of hydrogen-bond acceptors (Lipinski definition) is 1. The van der Waals surface area contributed by atoms with Crippen molar-refractivity contribution >= 4 is 27.3 Å². The molecule has 0 radical (unpaired) electrons. The molecule has 0 aromatic carbocycles. The molecule has 1 aromatic rings. The second-order valence-corrected chi connectivity index (χ2v) is 3.02. The molecule has 0 bridgehead atoms. The Kier molecular flexibility index (Phi) is 3.28. The fraction of sp³-hybridized carbons (Fsp3) is 0. The average molecular weight is 213 g/mol. The van der Waals surface area contributed by atoms with Gasteiger partial charge in [-0.15, -0.1) is 11.3 Å². The average Bonchev–Trinajstić information content (AvgIpc) is 2.41. The van der Waals surface area contributed by atoms with Gasteiger partial charge in [-0.1, -0.05) is 33.8 Å². The summed E-state index contributed by atoms with van der Waals surface area (Å²) in [5.74, 6) is 5.85. The third-order valence-corrected chi connectivity index (χ3v) is 1.91. The molecule has 0 nitrogen and oxygen atoms in total. The summed E-state index contributed by atoms with van der Waals surface area (Å²) < 4.78 is 0. The summed E-state index contributed by atoms with van der Waals surface area (Å²) in [6.07, 6.45) is 1.76. The minimum Gasteiger partial charge on any atom is -0.135 e. The molecule has 0 saturated carbocycles. The molecule has 1 rings (SSSR count). The van der Waals surface area contributed by atoms with Gasteiger partial charge >= 0.3 is 0 Å². The zero-order valence-corrected chi connectivity index (χ0v) is 7.58. The second-order valence-electron chi connectivity index (χ2n) is 1.54. The van der Waals surface area contributed by atoms with Crippen molar-refractivity contribution in [3.8, 4) is 11.8 Å². The topological polar surface area (TPSA) is 0 Å². The van der Waals surface area contributed by atoms with Crippen molar-refractivity contribution in [2.45, 2.75) is 0 Å². The Balaban J connectivity index is 2.66. The molecular weight excluding hydrogens is 208 g/mol. The van der Waals surface area contributed by atoms with Crippen molar-refractivity contribution in [1.82, 2.24) is 0 Å². The van der Waals surface area contributed by atoms with E-state index in [4.69, 9.17) is 0 Å². The predicted octanol–water partition coefficient (Wildman–Crippen LogP) is 3.01. The highest BCUT2D eigenvalue weighted by Crippen LogP contribution is 2.05. The van der Waals surface area contributed by atoms with Gasteiger partial charge in [0.15, 0.2) is 0 Å². The van der Waals surface area contributed by atoms with Crippen LogP contribution in [0.5, 0.6) is 0 Å². The minimum atomic E-state index is 1.10. The lowest BCUT2D eigenvalue weighted by Crippen LogP contribution is -1.55. The van der Waals surface area contributed by atoms with Crippen LogP contribution < -0.4 is 0 Å². The monoisotopic (exact) mass is 212 g/mol. The second kappa shape index (κ2) is 4.32. The molecule has 0 saturated heterocycles. The highest BCUT2D eigenvalue weighted by molar-refractivity contribution is 9.11. The molecule has 0 aliphatic carbocycles. The van der Waals surface area contributed by atoms with E-state index in [-0.39, 0.29) is 0 Å². The summed E-state index contributed by atoms with van der Waals surface area (Å²) in [4.78, 5) is 2.85. The molecule has 0 unspecified atom stereocenters. The fourth-order valence-electron chi connectivity index (χ4n) is 0.494. The molecule has 50 valence electrons. The van der Waals surface area contributed by atoms with Crippen LogP contribution >= 0.6 is 27.3 Å². The lowest BCUT2D eigenvalue weighted by atomic mass is 10.4. The minimum absolute atomic E-state index is 1.10. The summed E-state index contributed by atoms with van der Waals surface area (Å²) >= 11 is 4.78. The largest absolute Gasteiger partial charge is 0.135 e. The van der Waals surface area contributed by atoms with E-state index >= 15 is 0 Å². The highest BCUT2D eigenvalue weighted by atomic mass is 79.9. The van der Waals surface area contributed by atoms with E-state index in [9.17, 15) is 0 Å². The van der Waals surface area contributed by atoms with Crippen LogP contribution in [0.2, 0.25) is 0 Å². The van der Waals surface area contributed by atoms with Gasteiger partial charge in [0.2, 0.25) is 0 Å². The summed E-state index contributed by atoms with van der Waals surface area (Å²) in [5.41, 5.74) is 0. The molecule has 0 spiro atoms. The summed E-state index contributed by atoms with van der Waals surface area (Å²) in [5, 5.41) is 2.02. The molecule has 1 aromatic heterocycles. The first-order chi connectivity index (χ1) is 4.93. The molecule has 0 fully saturated rings. The third kappa shape index (κ3) is 2.38. The third-order valence-electron chi connectivity index (χ3n) is 0.863. The maximum Gasteiger partial charge on any atom is 0.0771 e.